The predicted molar refractivity (Wildman–Crippen MR) is 69.0 cm³/mol. The number of nitrogens with zero attached hydrogens (tertiary/aromatic N) is 1. The van der Waals surface area contributed by atoms with E-state index in [4.69, 9.17) is 5.11 Å². The molecule has 0 aliphatic carbocycles. The van der Waals surface area contributed by atoms with E-state index in [9.17, 15) is 4.79 Å². The number of hydrogen-bond acceptors (Lipinski definition) is 3. The third-order valence-electron chi connectivity index (χ3n) is 3.30. The van der Waals surface area contributed by atoms with Gasteiger partial charge in [-0.15, -0.1) is 11.3 Å². The van der Waals surface area contributed by atoms with E-state index < -0.39 is 0 Å². The molecule has 3 nitrogen and oxygen atoms in total. The highest BCUT2D eigenvalue weighted by Gasteiger charge is 2.22. The zero-order valence-electron chi connectivity index (χ0n) is 9.97. The van der Waals surface area contributed by atoms with Gasteiger partial charge in [-0.25, -0.2) is 0 Å². The fourth-order valence-corrected chi connectivity index (χ4v) is 2.99. The van der Waals surface area contributed by atoms with Crippen molar-refractivity contribution in [3.8, 4) is 0 Å². The summed E-state index contributed by atoms with van der Waals surface area (Å²) in [5.74, 6) is 0.519. The summed E-state index contributed by atoms with van der Waals surface area (Å²) >= 11 is 1.71. The Bertz CT molecular complexity index is 350. The number of rotatable bonds is 4. The summed E-state index contributed by atoms with van der Waals surface area (Å²) in [6.45, 7) is 1.80. The second-order valence-corrected chi connectivity index (χ2v) is 5.64. The first kappa shape index (κ1) is 12.6. The van der Waals surface area contributed by atoms with Crippen molar-refractivity contribution in [2.24, 2.45) is 5.92 Å². The summed E-state index contributed by atoms with van der Waals surface area (Å²) in [6, 6.07) is 4.10. The summed E-state index contributed by atoms with van der Waals surface area (Å²) in [4.78, 5) is 15.2. The van der Waals surface area contributed by atoms with Gasteiger partial charge in [0.2, 0.25) is 5.91 Å². The van der Waals surface area contributed by atoms with Crippen LogP contribution in [-0.2, 0) is 11.2 Å². The fourth-order valence-electron chi connectivity index (χ4n) is 2.28. The first-order valence-electron chi connectivity index (χ1n) is 6.20. The van der Waals surface area contributed by atoms with Gasteiger partial charge in [0.1, 0.15) is 0 Å². The number of amides is 1. The van der Waals surface area contributed by atoms with Crippen molar-refractivity contribution < 1.29 is 9.90 Å². The first-order valence-corrected chi connectivity index (χ1v) is 7.08. The molecule has 1 aromatic heterocycles. The zero-order chi connectivity index (χ0) is 12.1. The predicted octanol–water partition coefficient (Wildman–Crippen LogP) is 1.91. The molecule has 4 heteroatoms. The maximum Gasteiger partial charge on any atom is 0.222 e. The van der Waals surface area contributed by atoms with Gasteiger partial charge in [-0.1, -0.05) is 6.07 Å². The Morgan fingerprint density at radius 3 is 3.18 bits per heavy atom. The number of aryl methyl sites for hydroxylation is 1. The van der Waals surface area contributed by atoms with Crippen LogP contribution in [0.2, 0.25) is 0 Å². The lowest BCUT2D eigenvalue weighted by Crippen LogP contribution is -2.41. The van der Waals surface area contributed by atoms with E-state index >= 15 is 0 Å². The highest BCUT2D eigenvalue weighted by atomic mass is 32.1. The Balaban J connectivity index is 1.79. The maximum atomic E-state index is 12.0. The van der Waals surface area contributed by atoms with E-state index in [-0.39, 0.29) is 18.4 Å². The van der Waals surface area contributed by atoms with Crippen LogP contribution >= 0.6 is 11.3 Å². The number of carbonyl (C=O) groups is 1. The second-order valence-electron chi connectivity index (χ2n) is 4.61. The molecule has 2 rings (SSSR count). The maximum absolute atomic E-state index is 12.0. The molecule has 0 aromatic carbocycles. The Morgan fingerprint density at radius 1 is 1.59 bits per heavy atom. The first-order chi connectivity index (χ1) is 8.29. The lowest BCUT2D eigenvalue weighted by molar-refractivity contribution is -0.133. The van der Waals surface area contributed by atoms with Crippen LogP contribution in [-0.4, -0.2) is 35.6 Å². The molecule has 0 bridgehead atoms. The van der Waals surface area contributed by atoms with E-state index in [1.807, 2.05) is 16.3 Å². The largest absolute Gasteiger partial charge is 0.396 e. The van der Waals surface area contributed by atoms with Gasteiger partial charge in [0.25, 0.3) is 0 Å². The molecule has 0 unspecified atom stereocenters. The van der Waals surface area contributed by atoms with E-state index in [1.165, 1.54) is 4.88 Å². The lowest BCUT2D eigenvalue weighted by atomic mass is 9.98. The molecule has 1 fully saturated rings. The minimum absolute atomic E-state index is 0.203. The summed E-state index contributed by atoms with van der Waals surface area (Å²) in [5, 5.41) is 11.2. The Morgan fingerprint density at radius 2 is 2.47 bits per heavy atom. The minimum Gasteiger partial charge on any atom is -0.396 e. The molecular weight excluding hydrogens is 234 g/mol. The Kier molecular flexibility index (Phi) is 4.57. The highest BCUT2D eigenvalue weighted by molar-refractivity contribution is 7.09. The van der Waals surface area contributed by atoms with Crippen molar-refractivity contribution in [1.82, 2.24) is 4.90 Å². The van der Waals surface area contributed by atoms with Crippen LogP contribution in [0.5, 0.6) is 0 Å². The van der Waals surface area contributed by atoms with E-state index in [1.54, 1.807) is 11.3 Å². The normalized spacial score (nSPS) is 20.5. The molecule has 1 N–H and O–H groups in total. The number of hydrogen-bond donors (Lipinski definition) is 1. The van der Waals surface area contributed by atoms with Crippen molar-refractivity contribution in [3.05, 3.63) is 22.4 Å². The summed E-state index contributed by atoms with van der Waals surface area (Å²) < 4.78 is 0. The van der Waals surface area contributed by atoms with Gasteiger partial charge < -0.3 is 10.0 Å². The van der Waals surface area contributed by atoms with Gasteiger partial charge >= 0.3 is 0 Å². The zero-order valence-corrected chi connectivity index (χ0v) is 10.8. The molecule has 0 spiro atoms. The molecule has 0 saturated carbocycles. The van der Waals surface area contributed by atoms with Crippen molar-refractivity contribution in [3.63, 3.8) is 0 Å². The molecular formula is C13H19NO2S. The van der Waals surface area contributed by atoms with Gasteiger partial charge in [-0.2, -0.15) is 0 Å². The van der Waals surface area contributed by atoms with Gasteiger partial charge in [0.05, 0.1) is 0 Å². The molecule has 1 aliphatic heterocycles. The molecule has 0 radical (unpaired) electrons. The number of piperidine rings is 1. The molecule has 1 atom stereocenters. The van der Waals surface area contributed by atoms with Crippen LogP contribution in [0.4, 0.5) is 0 Å². The molecule has 2 heterocycles. The highest BCUT2D eigenvalue weighted by Crippen LogP contribution is 2.18. The number of aliphatic hydroxyl groups is 1. The number of aliphatic hydroxyl groups excluding tert-OH is 1. The van der Waals surface area contributed by atoms with Gasteiger partial charge in [-0.05, 0) is 36.6 Å². The molecule has 1 amide bonds. The molecule has 1 saturated heterocycles. The van der Waals surface area contributed by atoms with E-state index in [0.29, 0.717) is 6.42 Å². The fraction of sp³-hybridized carbons (Fsp3) is 0.615. The monoisotopic (exact) mass is 253 g/mol. The molecule has 1 aliphatic rings. The molecule has 94 valence electrons. The second kappa shape index (κ2) is 6.17. The van der Waals surface area contributed by atoms with Gasteiger partial charge in [-0.3, -0.25) is 4.79 Å². The molecule has 17 heavy (non-hydrogen) atoms. The van der Waals surface area contributed by atoms with Crippen molar-refractivity contribution in [2.45, 2.75) is 25.7 Å². The SMILES string of the molecule is O=C(CCc1cccs1)N1CCC[C@@H](CO)C1. The summed E-state index contributed by atoms with van der Waals surface area (Å²) in [6.07, 6.45) is 3.51. The number of likely N-dealkylation sites (tertiary alicyclic amines) is 1. The third-order valence-corrected chi connectivity index (χ3v) is 4.23. The average Bonchev–Trinajstić information content (AvgIpc) is 2.89. The van der Waals surface area contributed by atoms with Gasteiger partial charge in [0.15, 0.2) is 0 Å². The van der Waals surface area contributed by atoms with Crippen molar-refractivity contribution >= 4 is 17.2 Å². The number of carbonyl (C=O) groups excluding carboxylic acids is 1. The number of thiophene rings is 1. The van der Waals surface area contributed by atoms with Crippen LogP contribution < -0.4 is 0 Å². The van der Waals surface area contributed by atoms with Crippen LogP contribution in [0.1, 0.15) is 24.1 Å². The minimum atomic E-state index is 0.203. The quantitative estimate of drug-likeness (QED) is 0.890. The van der Waals surface area contributed by atoms with Crippen LogP contribution in [0.15, 0.2) is 17.5 Å². The summed E-state index contributed by atoms with van der Waals surface area (Å²) in [5.41, 5.74) is 0. The Labute approximate surface area is 106 Å². The van der Waals surface area contributed by atoms with Crippen molar-refractivity contribution in [1.29, 1.82) is 0 Å². The van der Waals surface area contributed by atoms with Crippen LogP contribution in [0.25, 0.3) is 0 Å². The van der Waals surface area contributed by atoms with E-state index in [2.05, 4.69) is 6.07 Å². The van der Waals surface area contributed by atoms with Crippen LogP contribution in [0, 0.1) is 5.92 Å². The van der Waals surface area contributed by atoms with Gasteiger partial charge in [0, 0.05) is 31.0 Å². The Hall–Kier alpha value is -0.870. The smallest absolute Gasteiger partial charge is 0.222 e. The topological polar surface area (TPSA) is 40.5 Å². The molecule has 1 aromatic rings. The third kappa shape index (κ3) is 3.54. The average molecular weight is 253 g/mol. The standard InChI is InChI=1S/C13H19NO2S/c15-10-11-3-1-7-14(9-11)13(16)6-5-12-4-2-8-17-12/h2,4,8,11,15H,1,3,5-7,9-10H2/t11-/m1/s1. The van der Waals surface area contributed by atoms with Crippen molar-refractivity contribution in [2.75, 3.05) is 19.7 Å². The van der Waals surface area contributed by atoms with Crippen LogP contribution in [0.3, 0.4) is 0 Å². The summed E-state index contributed by atoms with van der Waals surface area (Å²) in [7, 11) is 0. The lowest BCUT2D eigenvalue weighted by Gasteiger charge is -2.31. The van der Waals surface area contributed by atoms with E-state index in [0.717, 1.165) is 32.4 Å².